The fourth-order valence-electron chi connectivity index (χ4n) is 3.65. The van der Waals surface area contributed by atoms with Crippen molar-refractivity contribution < 1.29 is 22.7 Å². The first kappa shape index (κ1) is 27.6. The normalized spacial score (nSPS) is 11.9. The van der Waals surface area contributed by atoms with Crippen molar-refractivity contribution in [2.24, 2.45) is 5.41 Å². The topological polar surface area (TPSA) is 55.3 Å². The lowest BCUT2D eigenvalue weighted by Gasteiger charge is -2.23. The summed E-state index contributed by atoms with van der Waals surface area (Å²) in [7, 11) is 0. The van der Waals surface area contributed by atoms with E-state index in [1.807, 2.05) is 37.8 Å². The molecule has 0 N–H and O–H groups in total. The minimum Gasteiger partial charge on any atom is -0.406 e. The van der Waals surface area contributed by atoms with Crippen molar-refractivity contribution in [1.82, 2.24) is 9.97 Å². The molecular formula is C27H29BrF3N3O2. The van der Waals surface area contributed by atoms with E-state index in [-0.39, 0.29) is 5.75 Å². The van der Waals surface area contributed by atoms with Gasteiger partial charge in [-0.15, -0.1) is 13.2 Å². The minimum atomic E-state index is -4.73. The minimum absolute atomic E-state index is 0.260. The number of ether oxygens (including phenoxy) is 1. The highest BCUT2D eigenvalue weighted by Crippen LogP contribution is 2.27. The highest BCUT2D eigenvalue weighted by atomic mass is 79.9. The van der Waals surface area contributed by atoms with Gasteiger partial charge < -0.3 is 14.4 Å². The Labute approximate surface area is 217 Å². The van der Waals surface area contributed by atoms with Gasteiger partial charge in [-0.3, -0.25) is 0 Å². The fourth-order valence-corrected chi connectivity index (χ4v) is 4.21. The molecule has 36 heavy (non-hydrogen) atoms. The van der Waals surface area contributed by atoms with Crippen molar-refractivity contribution in [3.05, 3.63) is 81.6 Å². The van der Waals surface area contributed by atoms with E-state index in [1.165, 1.54) is 12.1 Å². The lowest BCUT2D eigenvalue weighted by atomic mass is 9.87. The molecule has 0 spiro atoms. The summed E-state index contributed by atoms with van der Waals surface area (Å²) in [5.41, 5.74) is 3.54. The number of aldehydes is 1. The van der Waals surface area contributed by atoms with Gasteiger partial charge in [0.15, 0.2) is 0 Å². The van der Waals surface area contributed by atoms with Gasteiger partial charge in [0, 0.05) is 35.4 Å². The van der Waals surface area contributed by atoms with E-state index >= 15 is 0 Å². The number of anilines is 1. The molecule has 1 heterocycles. The number of alkyl halides is 3. The van der Waals surface area contributed by atoms with Crippen LogP contribution < -0.4 is 9.64 Å². The van der Waals surface area contributed by atoms with Crippen LogP contribution in [0.1, 0.15) is 43.0 Å². The number of nitrogens with zero attached hydrogens (tertiary/aromatic N) is 3. The third-order valence-electron chi connectivity index (χ3n) is 5.67. The van der Waals surface area contributed by atoms with Crippen molar-refractivity contribution in [2.45, 2.75) is 52.9 Å². The molecule has 3 aromatic rings. The number of benzene rings is 2. The highest BCUT2D eigenvalue weighted by Gasteiger charge is 2.31. The molecule has 192 valence electrons. The first-order valence-electron chi connectivity index (χ1n) is 11.6. The Balaban J connectivity index is 1.76. The maximum absolute atomic E-state index is 12.5. The molecule has 0 atom stereocenters. The van der Waals surface area contributed by atoms with E-state index in [2.05, 4.69) is 36.7 Å². The third kappa shape index (κ3) is 8.33. The third-order valence-corrected chi connectivity index (χ3v) is 6.40. The zero-order valence-electron chi connectivity index (χ0n) is 20.5. The van der Waals surface area contributed by atoms with Gasteiger partial charge in [0.1, 0.15) is 12.0 Å². The van der Waals surface area contributed by atoms with Gasteiger partial charge in [-0.05, 0) is 59.7 Å². The Bertz CT molecular complexity index is 1150. The lowest BCUT2D eigenvalue weighted by Crippen LogP contribution is -2.27. The van der Waals surface area contributed by atoms with E-state index in [0.717, 1.165) is 39.4 Å². The molecule has 0 fully saturated rings. The second-order valence-electron chi connectivity index (χ2n) is 9.32. The molecule has 0 amide bonds. The molecule has 9 heteroatoms. The SMILES string of the molecule is CCc1cnc(N(CCc2ccc(CC(C)(C)C=O)c(Br)c2)Cc2ccc(OC(F)(F)F)cc2)nc1. The number of aromatic nitrogens is 2. The van der Waals surface area contributed by atoms with Crippen molar-refractivity contribution in [3.63, 3.8) is 0 Å². The van der Waals surface area contributed by atoms with Gasteiger partial charge in [0.25, 0.3) is 0 Å². The first-order chi connectivity index (χ1) is 17.0. The van der Waals surface area contributed by atoms with Gasteiger partial charge in [-0.2, -0.15) is 0 Å². The van der Waals surface area contributed by atoms with Gasteiger partial charge in [0.05, 0.1) is 0 Å². The molecule has 0 aliphatic rings. The van der Waals surface area contributed by atoms with Crippen molar-refractivity contribution in [3.8, 4) is 5.75 Å². The van der Waals surface area contributed by atoms with Crippen LogP contribution in [-0.4, -0.2) is 29.2 Å². The number of rotatable bonds is 11. The smallest absolute Gasteiger partial charge is 0.406 e. The van der Waals surface area contributed by atoms with Crippen molar-refractivity contribution >= 4 is 28.2 Å². The summed E-state index contributed by atoms with van der Waals surface area (Å²) in [6.45, 7) is 6.86. The summed E-state index contributed by atoms with van der Waals surface area (Å²) in [5.74, 6) is 0.287. The summed E-state index contributed by atoms with van der Waals surface area (Å²) in [5, 5.41) is 0. The number of carbonyl (C=O) groups is 1. The van der Waals surface area contributed by atoms with Gasteiger partial charge in [-0.25, -0.2) is 9.97 Å². The molecule has 3 rings (SSSR count). The second-order valence-corrected chi connectivity index (χ2v) is 10.2. The quantitative estimate of drug-likeness (QED) is 0.242. The summed E-state index contributed by atoms with van der Waals surface area (Å²) < 4.78 is 42.4. The summed E-state index contributed by atoms with van der Waals surface area (Å²) in [6.07, 6.45) is 1.97. The maximum atomic E-state index is 12.5. The van der Waals surface area contributed by atoms with Crippen LogP contribution in [0.25, 0.3) is 0 Å². The van der Waals surface area contributed by atoms with Crippen LogP contribution in [0.2, 0.25) is 0 Å². The molecule has 0 unspecified atom stereocenters. The Morgan fingerprint density at radius 1 is 1.00 bits per heavy atom. The van der Waals surface area contributed by atoms with Crippen LogP contribution in [0.4, 0.5) is 19.1 Å². The largest absolute Gasteiger partial charge is 0.573 e. The van der Waals surface area contributed by atoms with E-state index in [4.69, 9.17) is 0 Å². The zero-order chi connectivity index (χ0) is 26.3. The average molecular weight is 564 g/mol. The predicted molar refractivity (Wildman–Crippen MR) is 137 cm³/mol. The van der Waals surface area contributed by atoms with E-state index in [9.17, 15) is 18.0 Å². The molecule has 1 aromatic heterocycles. The molecule has 0 saturated heterocycles. The van der Waals surface area contributed by atoms with E-state index in [1.54, 1.807) is 24.5 Å². The van der Waals surface area contributed by atoms with Crippen molar-refractivity contribution in [1.29, 1.82) is 0 Å². The highest BCUT2D eigenvalue weighted by molar-refractivity contribution is 9.10. The molecular weight excluding hydrogens is 535 g/mol. The van der Waals surface area contributed by atoms with Gasteiger partial charge >= 0.3 is 6.36 Å². The Kier molecular flexibility index (Phi) is 9.11. The van der Waals surface area contributed by atoms with Gasteiger partial charge in [0.2, 0.25) is 5.95 Å². The predicted octanol–water partition coefficient (Wildman–Crippen LogP) is 6.72. The Morgan fingerprint density at radius 3 is 2.19 bits per heavy atom. The van der Waals surface area contributed by atoms with Gasteiger partial charge in [-0.1, -0.05) is 61.0 Å². The molecule has 2 aromatic carbocycles. The van der Waals surface area contributed by atoms with Crippen LogP contribution in [0, 0.1) is 5.41 Å². The Morgan fingerprint density at radius 2 is 1.64 bits per heavy atom. The first-order valence-corrected chi connectivity index (χ1v) is 12.4. The number of halogens is 4. The van der Waals surface area contributed by atoms with E-state index < -0.39 is 11.8 Å². The maximum Gasteiger partial charge on any atom is 0.573 e. The number of aryl methyl sites for hydroxylation is 1. The van der Waals surface area contributed by atoms with Crippen LogP contribution >= 0.6 is 15.9 Å². The molecule has 0 aliphatic heterocycles. The Hall–Kier alpha value is -2.94. The number of carbonyl (C=O) groups excluding carboxylic acids is 1. The van der Waals surface area contributed by atoms with Crippen LogP contribution in [0.15, 0.2) is 59.3 Å². The average Bonchev–Trinajstić information content (AvgIpc) is 2.83. The molecule has 5 nitrogen and oxygen atoms in total. The number of hydrogen-bond acceptors (Lipinski definition) is 5. The summed E-state index contributed by atoms with van der Waals surface area (Å²) >= 11 is 3.63. The summed E-state index contributed by atoms with van der Waals surface area (Å²) in [4.78, 5) is 22.3. The number of hydrogen-bond donors (Lipinski definition) is 0. The molecule has 0 radical (unpaired) electrons. The zero-order valence-corrected chi connectivity index (χ0v) is 22.1. The monoisotopic (exact) mass is 563 g/mol. The van der Waals surface area contributed by atoms with Crippen LogP contribution in [-0.2, 0) is 30.6 Å². The van der Waals surface area contributed by atoms with E-state index in [0.29, 0.717) is 31.9 Å². The standard InChI is InChI=1S/C27H29BrF3N3O2/c1-4-19-15-32-25(33-16-19)34(17-21-6-9-23(10-7-21)36-27(29,30)31)12-11-20-5-8-22(24(28)13-20)14-26(2,3)18-35/h5-10,13,15-16,18H,4,11-12,14,17H2,1-3H3. The lowest BCUT2D eigenvalue weighted by molar-refractivity contribution is -0.274. The van der Waals surface area contributed by atoms with Crippen LogP contribution in [0.3, 0.4) is 0 Å². The van der Waals surface area contributed by atoms with Crippen LogP contribution in [0.5, 0.6) is 5.75 Å². The second kappa shape index (κ2) is 11.9. The molecule has 0 saturated carbocycles. The van der Waals surface area contributed by atoms with Crippen molar-refractivity contribution in [2.75, 3.05) is 11.4 Å². The summed E-state index contributed by atoms with van der Waals surface area (Å²) in [6, 6.07) is 11.9. The molecule has 0 aliphatic carbocycles. The fraction of sp³-hybridized carbons (Fsp3) is 0.370. The molecule has 0 bridgehead atoms.